The highest BCUT2D eigenvalue weighted by Crippen LogP contribution is 2.08. The number of para-hydroxylation sites is 1. The highest BCUT2D eigenvalue weighted by molar-refractivity contribution is 5.73. The molecule has 92 valence electrons. The largest absolute Gasteiger partial charge is 0.315 e. The third kappa shape index (κ3) is 3.27. The lowest BCUT2D eigenvalue weighted by Gasteiger charge is -2.04. The van der Waals surface area contributed by atoms with Crippen LogP contribution >= 0.6 is 0 Å². The van der Waals surface area contributed by atoms with Gasteiger partial charge in [-0.1, -0.05) is 37.1 Å². The van der Waals surface area contributed by atoms with Crippen molar-refractivity contribution in [1.82, 2.24) is 20.3 Å². The van der Waals surface area contributed by atoms with E-state index >= 15 is 0 Å². The van der Waals surface area contributed by atoms with Gasteiger partial charge in [0.05, 0.1) is 12.1 Å². The first-order chi connectivity index (χ1) is 8.42. The summed E-state index contributed by atoms with van der Waals surface area (Å²) in [6.45, 7) is 5.16. The fourth-order valence-corrected chi connectivity index (χ4v) is 1.89. The summed E-state index contributed by atoms with van der Waals surface area (Å²) in [6, 6.07) is 8.07. The smallest absolute Gasteiger partial charge is 0.113 e. The van der Waals surface area contributed by atoms with Gasteiger partial charge in [-0.25, -0.2) is 4.68 Å². The van der Waals surface area contributed by atoms with Gasteiger partial charge in [0.2, 0.25) is 0 Å². The number of hydrogen-bond donors (Lipinski definition) is 1. The van der Waals surface area contributed by atoms with E-state index in [2.05, 4.69) is 28.6 Å². The topological polar surface area (TPSA) is 42.7 Å². The molecule has 2 rings (SSSR count). The van der Waals surface area contributed by atoms with Gasteiger partial charge >= 0.3 is 0 Å². The zero-order chi connectivity index (χ0) is 11.9. The average molecular weight is 232 g/mol. The quantitative estimate of drug-likeness (QED) is 0.744. The monoisotopic (exact) mass is 232 g/mol. The molecule has 0 bridgehead atoms. The third-order valence-electron chi connectivity index (χ3n) is 2.88. The van der Waals surface area contributed by atoms with Gasteiger partial charge in [-0.05, 0) is 25.1 Å². The predicted molar refractivity (Wildman–Crippen MR) is 69.9 cm³/mol. The van der Waals surface area contributed by atoms with E-state index in [0.29, 0.717) is 0 Å². The van der Waals surface area contributed by atoms with Crippen LogP contribution in [-0.2, 0) is 6.54 Å². The van der Waals surface area contributed by atoms with Crippen molar-refractivity contribution in [2.24, 2.45) is 0 Å². The normalized spacial score (nSPS) is 11.1. The van der Waals surface area contributed by atoms with Crippen molar-refractivity contribution < 1.29 is 0 Å². The van der Waals surface area contributed by atoms with E-state index in [-0.39, 0.29) is 0 Å². The van der Waals surface area contributed by atoms with Crippen molar-refractivity contribution in [3.8, 4) is 0 Å². The maximum Gasteiger partial charge on any atom is 0.113 e. The zero-order valence-corrected chi connectivity index (χ0v) is 10.4. The van der Waals surface area contributed by atoms with Gasteiger partial charge in [0.1, 0.15) is 5.52 Å². The van der Waals surface area contributed by atoms with Crippen LogP contribution in [0.1, 0.15) is 26.2 Å². The first kappa shape index (κ1) is 12.0. The molecule has 4 nitrogen and oxygen atoms in total. The number of nitrogens with one attached hydrogen (secondary N) is 1. The molecule has 2 aromatic rings. The van der Waals surface area contributed by atoms with E-state index in [0.717, 1.165) is 30.7 Å². The number of benzene rings is 1. The van der Waals surface area contributed by atoms with Crippen LogP contribution in [0.3, 0.4) is 0 Å². The predicted octanol–water partition coefficient (Wildman–Crippen LogP) is 2.21. The molecule has 4 heteroatoms. The Kier molecular flexibility index (Phi) is 4.50. The highest BCUT2D eigenvalue weighted by atomic mass is 15.4. The standard InChI is InChI=1S/C13H20N4/c1-2-3-6-9-14-10-11-17-13-8-5-4-7-12(13)15-16-17/h4-5,7-8,14H,2-3,6,9-11H2,1H3. The molecule has 1 aromatic carbocycles. The van der Waals surface area contributed by atoms with Crippen LogP contribution in [0.15, 0.2) is 24.3 Å². The molecule has 0 aliphatic rings. The van der Waals surface area contributed by atoms with Crippen LogP contribution in [0.25, 0.3) is 11.0 Å². The summed E-state index contributed by atoms with van der Waals surface area (Å²) in [5, 5.41) is 11.7. The van der Waals surface area contributed by atoms with E-state index in [1.807, 2.05) is 22.9 Å². The summed E-state index contributed by atoms with van der Waals surface area (Å²) in [5.74, 6) is 0. The van der Waals surface area contributed by atoms with Crippen LogP contribution in [-0.4, -0.2) is 28.1 Å². The molecular formula is C13H20N4. The first-order valence-corrected chi connectivity index (χ1v) is 6.41. The van der Waals surface area contributed by atoms with Gasteiger partial charge in [0.15, 0.2) is 0 Å². The van der Waals surface area contributed by atoms with Crippen molar-refractivity contribution in [3.63, 3.8) is 0 Å². The molecule has 0 saturated heterocycles. The Hall–Kier alpha value is -1.42. The number of aromatic nitrogens is 3. The molecule has 0 saturated carbocycles. The van der Waals surface area contributed by atoms with Crippen molar-refractivity contribution in [3.05, 3.63) is 24.3 Å². The first-order valence-electron chi connectivity index (χ1n) is 6.41. The van der Waals surface area contributed by atoms with Crippen LogP contribution in [0.4, 0.5) is 0 Å². The molecule has 0 fully saturated rings. The Morgan fingerprint density at radius 3 is 2.94 bits per heavy atom. The number of hydrogen-bond acceptors (Lipinski definition) is 3. The minimum Gasteiger partial charge on any atom is -0.315 e. The number of nitrogens with zero attached hydrogens (tertiary/aromatic N) is 3. The molecule has 0 unspecified atom stereocenters. The van der Waals surface area contributed by atoms with E-state index in [1.54, 1.807) is 0 Å². The Morgan fingerprint density at radius 2 is 2.06 bits per heavy atom. The second-order valence-electron chi connectivity index (χ2n) is 4.26. The number of rotatable bonds is 7. The lowest BCUT2D eigenvalue weighted by molar-refractivity contribution is 0.538. The maximum atomic E-state index is 4.16. The Morgan fingerprint density at radius 1 is 1.18 bits per heavy atom. The summed E-state index contributed by atoms with van der Waals surface area (Å²) in [4.78, 5) is 0. The van der Waals surface area contributed by atoms with Gasteiger partial charge in [-0.15, -0.1) is 5.10 Å². The molecule has 0 atom stereocenters. The van der Waals surface area contributed by atoms with Crippen LogP contribution in [0, 0.1) is 0 Å². The molecule has 0 spiro atoms. The molecule has 1 heterocycles. The van der Waals surface area contributed by atoms with Crippen molar-refractivity contribution in [2.45, 2.75) is 32.7 Å². The van der Waals surface area contributed by atoms with E-state index in [4.69, 9.17) is 0 Å². The minimum atomic E-state index is 0.882. The van der Waals surface area contributed by atoms with Crippen molar-refractivity contribution >= 4 is 11.0 Å². The molecule has 0 radical (unpaired) electrons. The van der Waals surface area contributed by atoms with Crippen LogP contribution < -0.4 is 5.32 Å². The summed E-state index contributed by atoms with van der Waals surface area (Å²) < 4.78 is 1.96. The van der Waals surface area contributed by atoms with Crippen molar-refractivity contribution in [2.75, 3.05) is 13.1 Å². The highest BCUT2D eigenvalue weighted by Gasteiger charge is 2.01. The van der Waals surface area contributed by atoms with Gasteiger partial charge < -0.3 is 5.32 Å². The van der Waals surface area contributed by atoms with Gasteiger partial charge in [-0.2, -0.15) is 0 Å². The van der Waals surface area contributed by atoms with Gasteiger partial charge in [-0.3, -0.25) is 0 Å². The molecule has 0 amide bonds. The van der Waals surface area contributed by atoms with E-state index < -0.39 is 0 Å². The fraction of sp³-hybridized carbons (Fsp3) is 0.538. The lowest BCUT2D eigenvalue weighted by atomic mass is 10.2. The molecule has 0 aliphatic heterocycles. The van der Waals surface area contributed by atoms with E-state index in [1.165, 1.54) is 19.3 Å². The summed E-state index contributed by atoms with van der Waals surface area (Å²) in [5.41, 5.74) is 2.08. The number of unbranched alkanes of at least 4 members (excludes halogenated alkanes) is 2. The van der Waals surface area contributed by atoms with Gasteiger partial charge in [0.25, 0.3) is 0 Å². The SMILES string of the molecule is CCCCCNCCn1nnc2ccccc21. The minimum absolute atomic E-state index is 0.882. The molecule has 0 aliphatic carbocycles. The summed E-state index contributed by atoms with van der Waals surface area (Å²) >= 11 is 0. The molecular weight excluding hydrogens is 212 g/mol. The van der Waals surface area contributed by atoms with Crippen LogP contribution in [0.2, 0.25) is 0 Å². The maximum absolute atomic E-state index is 4.16. The van der Waals surface area contributed by atoms with Crippen molar-refractivity contribution in [1.29, 1.82) is 0 Å². The van der Waals surface area contributed by atoms with Crippen LogP contribution in [0.5, 0.6) is 0 Å². The third-order valence-corrected chi connectivity index (χ3v) is 2.88. The van der Waals surface area contributed by atoms with Gasteiger partial charge in [0, 0.05) is 6.54 Å². The molecule has 17 heavy (non-hydrogen) atoms. The lowest BCUT2D eigenvalue weighted by Crippen LogP contribution is -2.21. The Labute approximate surface area is 102 Å². The summed E-state index contributed by atoms with van der Waals surface area (Å²) in [7, 11) is 0. The molecule has 1 aromatic heterocycles. The average Bonchev–Trinajstić information content (AvgIpc) is 2.77. The fourth-order valence-electron chi connectivity index (χ4n) is 1.89. The second-order valence-corrected chi connectivity index (χ2v) is 4.26. The Balaban J connectivity index is 1.79. The van der Waals surface area contributed by atoms with E-state index in [9.17, 15) is 0 Å². The molecule has 1 N–H and O–H groups in total. The number of fused-ring (bicyclic) bond motifs is 1. The summed E-state index contributed by atoms with van der Waals surface area (Å²) in [6.07, 6.45) is 3.84. The second kappa shape index (κ2) is 6.35. The zero-order valence-electron chi connectivity index (χ0n) is 10.4. The Bertz CT molecular complexity index is 449.